The van der Waals surface area contributed by atoms with Crippen molar-refractivity contribution in [3.05, 3.63) is 47.9 Å². The maximum Gasteiger partial charge on any atom is 0.534 e. The number of alkyl halides is 3. The Labute approximate surface area is 257 Å². The number of hydrogen-bond donors (Lipinski definition) is 0. The zero-order chi connectivity index (χ0) is 33.7. The third-order valence-corrected chi connectivity index (χ3v) is 6.98. The van der Waals surface area contributed by atoms with Crippen LogP contribution in [0.25, 0.3) is 5.70 Å². The van der Waals surface area contributed by atoms with Crippen LogP contribution in [0.3, 0.4) is 0 Å². The van der Waals surface area contributed by atoms with Crippen LogP contribution in [0.1, 0.15) is 73.8 Å². The lowest BCUT2D eigenvalue weighted by atomic mass is 9.98. The van der Waals surface area contributed by atoms with E-state index in [0.29, 0.717) is 12.5 Å². The highest BCUT2D eigenvalue weighted by molar-refractivity contribution is 7.87. The number of hydrogen-bond acceptors (Lipinski definition) is 8. The average molecular weight is 649 g/mol. The van der Waals surface area contributed by atoms with Crippen LogP contribution in [-0.2, 0) is 23.8 Å². The molecule has 0 aromatic heterocycles. The minimum Gasteiger partial charge on any atom is -0.497 e. The summed E-state index contributed by atoms with van der Waals surface area (Å²) >= 11 is 0. The first-order chi connectivity index (χ1) is 20.0. The topological polar surface area (TPSA) is 112 Å². The molecule has 0 bridgehead atoms. The van der Waals surface area contributed by atoms with Gasteiger partial charge in [-0.05, 0) is 84.4 Å². The monoisotopic (exact) mass is 648 g/mol. The maximum absolute atomic E-state index is 12.5. The lowest BCUT2D eigenvalue weighted by Gasteiger charge is -2.34. The molecular formula is C30H43F3N2O8S. The first kappa shape index (κ1) is 36.8. The Morgan fingerprint density at radius 3 is 1.84 bits per heavy atom. The first-order valence-corrected chi connectivity index (χ1v) is 15.5. The van der Waals surface area contributed by atoms with Crippen molar-refractivity contribution in [3.63, 3.8) is 0 Å². The van der Waals surface area contributed by atoms with Crippen molar-refractivity contribution in [2.45, 2.75) is 84.9 Å². The predicted octanol–water partition coefficient (Wildman–Crippen LogP) is 7.28. The summed E-state index contributed by atoms with van der Waals surface area (Å²) in [5, 5.41) is 0. The molecule has 0 saturated carbocycles. The van der Waals surface area contributed by atoms with E-state index >= 15 is 0 Å². The van der Waals surface area contributed by atoms with E-state index in [9.17, 15) is 31.2 Å². The molecule has 1 aromatic carbocycles. The molecule has 0 N–H and O–H groups in total. The van der Waals surface area contributed by atoms with Crippen molar-refractivity contribution in [3.8, 4) is 5.75 Å². The molecule has 1 aromatic rings. The molecule has 0 radical (unpaired) electrons. The van der Waals surface area contributed by atoms with Gasteiger partial charge in [0.2, 0.25) is 5.88 Å². The van der Waals surface area contributed by atoms with Crippen molar-refractivity contribution < 1.29 is 49.6 Å². The third-order valence-electron chi connectivity index (χ3n) is 6.03. The summed E-state index contributed by atoms with van der Waals surface area (Å²) in [5.74, 6) is 0.432. The number of methoxy groups -OCH3 is 1. The zero-order valence-corrected chi connectivity index (χ0v) is 27.5. The van der Waals surface area contributed by atoms with Crippen LogP contribution in [0, 0.1) is 11.8 Å². The highest BCUT2D eigenvalue weighted by atomic mass is 32.2. The van der Waals surface area contributed by atoms with E-state index in [1.165, 1.54) is 0 Å². The lowest BCUT2D eigenvalue weighted by molar-refractivity contribution is -0.0546. The fourth-order valence-corrected chi connectivity index (χ4v) is 4.54. The molecule has 0 fully saturated rings. The Kier molecular flexibility index (Phi) is 11.8. The van der Waals surface area contributed by atoms with Gasteiger partial charge in [-0.3, -0.25) is 4.90 Å². The van der Waals surface area contributed by atoms with Gasteiger partial charge in [0.15, 0.2) is 0 Å². The Hall–Kier alpha value is -3.42. The van der Waals surface area contributed by atoms with Crippen LogP contribution in [0.4, 0.5) is 22.8 Å². The standard InChI is InChI=1S/C18H25NO3.C12H18F3NO5S/c1-13-9-10-16(14-7-6-8-15(11-14)21-5)19(12-13)17(20)22-18(2,3)4;1-8-5-6-9(21-22(18,19)12(13,14)15)16(7-8)10(17)20-11(2,3)4/h6-8,10-11,13H,9,12H2,1-5H3;6,8H,5,7H2,1-4H3/t13-;8-/m00/s1. The molecule has 44 heavy (non-hydrogen) atoms. The SMILES string of the molecule is COc1cccc(C2=CC[C@H](C)CN2C(=O)OC(C)(C)C)c1.C[C@H]1CC=C(OS(=O)(=O)C(F)(F)F)N(C(=O)OC(C)(C)C)C1. The number of nitrogens with zero attached hydrogens (tertiary/aromatic N) is 2. The molecule has 0 aliphatic carbocycles. The lowest BCUT2D eigenvalue weighted by Crippen LogP contribution is -2.42. The molecule has 0 saturated heterocycles. The Bertz CT molecular complexity index is 1340. The van der Waals surface area contributed by atoms with Crippen molar-refractivity contribution in [1.29, 1.82) is 0 Å². The summed E-state index contributed by atoms with van der Waals surface area (Å²) < 4.78 is 79.3. The van der Waals surface area contributed by atoms with Crippen LogP contribution in [0.2, 0.25) is 0 Å². The fraction of sp³-hybridized carbons (Fsp3) is 0.600. The second-order valence-electron chi connectivity index (χ2n) is 12.7. The summed E-state index contributed by atoms with van der Waals surface area (Å²) in [5.41, 5.74) is -5.09. The van der Waals surface area contributed by atoms with E-state index in [4.69, 9.17) is 14.2 Å². The van der Waals surface area contributed by atoms with E-state index < -0.39 is 38.8 Å². The van der Waals surface area contributed by atoms with Gasteiger partial charge in [-0.2, -0.15) is 21.6 Å². The zero-order valence-electron chi connectivity index (χ0n) is 26.6. The molecule has 2 atom stereocenters. The summed E-state index contributed by atoms with van der Waals surface area (Å²) in [4.78, 5) is 27.0. The van der Waals surface area contributed by atoms with Crippen molar-refractivity contribution in [2.75, 3.05) is 20.2 Å². The van der Waals surface area contributed by atoms with Crippen LogP contribution < -0.4 is 4.74 Å². The second kappa shape index (κ2) is 14.1. The number of ether oxygens (including phenoxy) is 3. The van der Waals surface area contributed by atoms with Crippen LogP contribution >= 0.6 is 0 Å². The van der Waals surface area contributed by atoms with Gasteiger partial charge in [0.1, 0.15) is 17.0 Å². The van der Waals surface area contributed by atoms with Gasteiger partial charge in [-0.1, -0.05) is 32.1 Å². The number of amides is 2. The van der Waals surface area contributed by atoms with E-state index in [0.717, 1.165) is 34.4 Å². The minimum absolute atomic E-state index is 0.00583. The Balaban J connectivity index is 0.000000307. The molecular weight excluding hydrogens is 605 g/mol. The number of carbonyl (C=O) groups excluding carboxylic acids is 2. The van der Waals surface area contributed by atoms with Crippen molar-refractivity contribution >= 4 is 28.0 Å². The van der Waals surface area contributed by atoms with Gasteiger partial charge in [0.05, 0.1) is 12.8 Å². The second-order valence-corrected chi connectivity index (χ2v) is 14.2. The molecule has 0 spiro atoms. The molecule has 2 aliphatic rings. The Morgan fingerprint density at radius 1 is 0.841 bits per heavy atom. The molecule has 10 nitrogen and oxygen atoms in total. The summed E-state index contributed by atoms with van der Waals surface area (Å²) in [6.07, 6.45) is 3.19. The first-order valence-electron chi connectivity index (χ1n) is 14.1. The highest BCUT2D eigenvalue weighted by Gasteiger charge is 2.50. The van der Waals surface area contributed by atoms with E-state index in [1.54, 1.807) is 39.7 Å². The maximum atomic E-state index is 12.5. The normalized spacial score (nSPS) is 19.5. The smallest absolute Gasteiger partial charge is 0.497 e. The molecule has 248 valence electrons. The summed E-state index contributed by atoms with van der Waals surface area (Å²) in [7, 11) is -4.20. The highest BCUT2D eigenvalue weighted by Crippen LogP contribution is 2.32. The molecule has 3 rings (SSSR count). The summed E-state index contributed by atoms with van der Waals surface area (Å²) in [6.45, 7) is 14.9. The number of benzene rings is 1. The number of allylic oxidation sites excluding steroid dienone is 2. The molecule has 0 unspecified atom stereocenters. The van der Waals surface area contributed by atoms with Gasteiger partial charge < -0.3 is 18.4 Å². The Morgan fingerprint density at radius 2 is 1.34 bits per heavy atom. The van der Waals surface area contributed by atoms with Crippen molar-refractivity contribution in [1.82, 2.24) is 9.80 Å². The third kappa shape index (κ3) is 10.9. The van der Waals surface area contributed by atoms with Crippen molar-refractivity contribution in [2.24, 2.45) is 11.8 Å². The van der Waals surface area contributed by atoms with E-state index in [2.05, 4.69) is 17.2 Å². The van der Waals surface area contributed by atoms with Crippen LogP contribution in [0.15, 0.2) is 42.3 Å². The van der Waals surface area contributed by atoms with Gasteiger partial charge in [-0.25, -0.2) is 14.5 Å². The average Bonchev–Trinajstić information content (AvgIpc) is 2.87. The molecule has 2 heterocycles. The number of rotatable bonds is 4. The van der Waals surface area contributed by atoms with Crippen LogP contribution in [0.5, 0.6) is 5.75 Å². The molecule has 14 heteroatoms. The van der Waals surface area contributed by atoms with Gasteiger partial charge in [0, 0.05) is 18.7 Å². The minimum atomic E-state index is -5.84. The predicted molar refractivity (Wildman–Crippen MR) is 159 cm³/mol. The number of halogens is 3. The van der Waals surface area contributed by atoms with E-state index in [1.807, 2.05) is 45.0 Å². The largest absolute Gasteiger partial charge is 0.534 e. The quantitative estimate of drug-likeness (QED) is 0.247. The fourth-order valence-electron chi connectivity index (χ4n) is 4.06. The van der Waals surface area contributed by atoms with Gasteiger partial charge >= 0.3 is 27.8 Å². The van der Waals surface area contributed by atoms with E-state index in [-0.39, 0.29) is 25.0 Å². The van der Waals surface area contributed by atoms with Gasteiger partial charge in [0.25, 0.3) is 0 Å². The molecule has 2 amide bonds. The number of carbonyl (C=O) groups is 2. The summed E-state index contributed by atoms with van der Waals surface area (Å²) in [6, 6.07) is 7.76. The van der Waals surface area contributed by atoms with Gasteiger partial charge in [-0.15, -0.1) is 0 Å². The molecule has 2 aliphatic heterocycles. The van der Waals surface area contributed by atoms with Crippen LogP contribution in [-0.4, -0.2) is 67.3 Å².